The van der Waals surface area contributed by atoms with Gasteiger partial charge in [0.05, 0.1) is 12.7 Å². The van der Waals surface area contributed by atoms with Gasteiger partial charge < -0.3 is 15.4 Å². The summed E-state index contributed by atoms with van der Waals surface area (Å²) in [6.07, 6.45) is 0.118. The quantitative estimate of drug-likeness (QED) is 0.483. The van der Waals surface area contributed by atoms with Crippen LogP contribution < -0.4 is 15.4 Å². The molecule has 0 atom stereocenters. The number of hydrogen-bond donors (Lipinski definition) is 2. The number of ether oxygens (including phenoxy) is 1. The second kappa shape index (κ2) is 9.50. The van der Waals surface area contributed by atoms with Crippen molar-refractivity contribution >= 4 is 23.7 Å². The van der Waals surface area contributed by atoms with Crippen LogP contribution in [0.4, 0.5) is 18.9 Å². The molecule has 0 saturated heterocycles. The van der Waals surface area contributed by atoms with Crippen molar-refractivity contribution in [3.05, 3.63) is 94.0 Å². The lowest BCUT2D eigenvalue weighted by Crippen LogP contribution is -2.25. The zero-order valence-electron chi connectivity index (χ0n) is 18.0. The summed E-state index contributed by atoms with van der Waals surface area (Å²) in [6.45, 7) is 1.51. The lowest BCUT2D eigenvalue weighted by molar-refractivity contribution is -0.138. The average molecular weight is 452 g/mol. The van der Waals surface area contributed by atoms with Gasteiger partial charge in [0.15, 0.2) is 0 Å². The van der Waals surface area contributed by atoms with E-state index in [9.17, 15) is 18.0 Å². The number of alkyl halides is 3. The van der Waals surface area contributed by atoms with E-state index in [1.54, 1.807) is 6.07 Å². The zero-order valence-corrected chi connectivity index (χ0v) is 18.0. The topological polar surface area (TPSA) is 50.4 Å². The molecular weight excluding hydrogens is 429 g/mol. The van der Waals surface area contributed by atoms with Crippen LogP contribution in [0.15, 0.2) is 60.7 Å². The van der Waals surface area contributed by atoms with Gasteiger partial charge in [0.25, 0.3) is 5.91 Å². The highest BCUT2D eigenvalue weighted by Crippen LogP contribution is 2.37. The highest BCUT2D eigenvalue weighted by Gasteiger charge is 2.35. The Morgan fingerprint density at radius 2 is 1.85 bits per heavy atom. The van der Waals surface area contributed by atoms with Crippen molar-refractivity contribution in [2.75, 3.05) is 19.0 Å². The maximum absolute atomic E-state index is 13.4. The van der Waals surface area contributed by atoms with Gasteiger partial charge in [-0.25, -0.2) is 0 Å². The summed E-state index contributed by atoms with van der Waals surface area (Å²) in [4.78, 5) is 12.9. The van der Waals surface area contributed by atoms with Crippen molar-refractivity contribution in [1.82, 2.24) is 5.32 Å². The molecule has 3 aromatic carbocycles. The van der Waals surface area contributed by atoms with Gasteiger partial charge >= 0.3 is 6.18 Å². The third kappa shape index (κ3) is 5.09. The van der Waals surface area contributed by atoms with Crippen molar-refractivity contribution in [3.63, 3.8) is 0 Å². The van der Waals surface area contributed by atoms with Gasteiger partial charge in [0.2, 0.25) is 0 Å². The Bertz CT molecular complexity index is 1190. The van der Waals surface area contributed by atoms with Crippen LogP contribution in [0.5, 0.6) is 5.75 Å². The third-order valence-electron chi connectivity index (χ3n) is 5.58. The van der Waals surface area contributed by atoms with Gasteiger partial charge in [-0.05, 0) is 53.9 Å². The largest absolute Gasteiger partial charge is 0.496 e. The molecule has 0 spiro atoms. The molecule has 0 saturated carbocycles. The van der Waals surface area contributed by atoms with Crippen LogP contribution >= 0.6 is 0 Å². The van der Waals surface area contributed by atoms with Crippen LogP contribution in [0.2, 0.25) is 0 Å². The summed E-state index contributed by atoms with van der Waals surface area (Å²) in [5, 5.41) is 6.15. The Morgan fingerprint density at radius 3 is 2.58 bits per heavy atom. The minimum Gasteiger partial charge on any atom is -0.496 e. The number of fused-ring (bicyclic) bond motifs is 1. The first-order chi connectivity index (χ1) is 15.9. The molecular formula is C26H23F3N2O2. The standard InChI is InChI=1S/C26H23F3N2O2/c1-33-24-12-9-19(15-22(24)26(27,28)29)25(32)31-23-11-8-18-13-14-30-16-21(18)20(23)10-7-17-5-3-2-4-6-17/h2-12,15,30H,13-14,16H2,1H3,(H,31,32)/b10-7+. The minimum absolute atomic E-state index is 0.100. The fourth-order valence-electron chi connectivity index (χ4n) is 3.90. The molecule has 33 heavy (non-hydrogen) atoms. The maximum atomic E-state index is 13.4. The molecule has 170 valence electrons. The summed E-state index contributed by atoms with van der Waals surface area (Å²) in [5.74, 6) is -0.952. The zero-order chi connectivity index (χ0) is 23.4. The molecule has 0 aliphatic carbocycles. The molecule has 2 N–H and O–H groups in total. The van der Waals surface area contributed by atoms with Crippen LogP contribution in [-0.4, -0.2) is 19.6 Å². The normalized spacial score (nSPS) is 13.6. The Morgan fingerprint density at radius 1 is 1.06 bits per heavy atom. The highest BCUT2D eigenvalue weighted by atomic mass is 19.4. The molecule has 4 rings (SSSR count). The summed E-state index contributed by atoms with van der Waals surface area (Å²) in [5.41, 5.74) is 3.54. The molecule has 1 aliphatic rings. The number of nitrogens with one attached hydrogen (secondary N) is 2. The predicted molar refractivity (Wildman–Crippen MR) is 123 cm³/mol. The van der Waals surface area contributed by atoms with E-state index in [0.29, 0.717) is 12.2 Å². The highest BCUT2D eigenvalue weighted by molar-refractivity contribution is 6.06. The molecule has 3 aromatic rings. The van der Waals surface area contributed by atoms with Gasteiger partial charge in [-0.15, -0.1) is 0 Å². The van der Waals surface area contributed by atoms with Crippen LogP contribution in [0.3, 0.4) is 0 Å². The Kier molecular flexibility index (Phi) is 6.51. The molecule has 0 unspecified atom stereocenters. The smallest absolute Gasteiger partial charge is 0.419 e. The van der Waals surface area contributed by atoms with Crippen LogP contribution in [0.25, 0.3) is 12.2 Å². The number of benzene rings is 3. The number of methoxy groups -OCH3 is 1. The van der Waals surface area contributed by atoms with E-state index in [-0.39, 0.29) is 11.3 Å². The van der Waals surface area contributed by atoms with Crippen LogP contribution in [0.1, 0.15) is 38.2 Å². The van der Waals surface area contributed by atoms with Gasteiger partial charge in [0, 0.05) is 23.4 Å². The SMILES string of the molecule is COc1ccc(C(=O)Nc2ccc3c(c2/C=C/c2ccccc2)CNCC3)cc1C(F)(F)F. The van der Waals surface area contributed by atoms with Crippen molar-refractivity contribution in [2.24, 2.45) is 0 Å². The van der Waals surface area contributed by atoms with Crippen molar-refractivity contribution in [1.29, 1.82) is 0 Å². The fourth-order valence-corrected chi connectivity index (χ4v) is 3.90. The summed E-state index contributed by atoms with van der Waals surface area (Å²) in [7, 11) is 1.16. The summed E-state index contributed by atoms with van der Waals surface area (Å²) >= 11 is 0. The molecule has 0 radical (unpaired) electrons. The molecule has 4 nitrogen and oxygen atoms in total. The van der Waals surface area contributed by atoms with E-state index in [2.05, 4.69) is 10.6 Å². The van der Waals surface area contributed by atoms with Crippen molar-refractivity contribution in [3.8, 4) is 5.75 Å². The second-order valence-corrected chi connectivity index (χ2v) is 7.70. The molecule has 1 aliphatic heterocycles. The average Bonchev–Trinajstić information content (AvgIpc) is 2.83. The molecule has 0 bridgehead atoms. The number of halogens is 3. The van der Waals surface area contributed by atoms with E-state index >= 15 is 0 Å². The third-order valence-corrected chi connectivity index (χ3v) is 5.58. The van der Waals surface area contributed by atoms with E-state index in [1.807, 2.05) is 48.6 Å². The number of carbonyl (C=O) groups is 1. The van der Waals surface area contributed by atoms with Gasteiger partial charge in [0.1, 0.15) is 5.75 Å². The Hall–Kier alpha value is -3.58. The number of hydrogen-bond acceptors (Lipinski definition) is 3. The lowest BCUT2D eigenvalue weighted by atomic mass is 9.93. The van der Waals surface area contributed by atoms with Crippen molar-refractivity contribution < 1.29 is 22.7 Å². The fraction of sp³-hybridized carbons (Fsp3) is 0.192. The monoisotopic (exact) mass is 452 g/mol. The number of rotatable bonds is 5. The molecule has 1 amide bonds. The van der Waals surface area contributed by atoms with Gasteiger partial charge in [-0.2, -0.15) is 13.2 Å². The van der Waals surface area contributed by atoms with Gasteiger partial charge in [-0.3, -0.25) is 4.79 Å². The van der Waals surface area contributed by atoms with E-state index in [4.69, 9.17) is 4.74 Å². The summed E-state index contributed by atoms with van der Waals surface area (Å²) in [6, 6.07) is 16.8. The number of carbonyl (C=O) groups excluding carboxylic acids is 1. The Balaban J connectivity index is 1.69. The van der Waals surface area contributed by atoms with Gasteiger partial charge in [-0.1, -0.05) is 48.6 Å². The predicted octanol–water partition coefficient (Wildman–Crippen LogP) is 5.78. The van der Waals surface area contributed by atoms with Crippen LogP contribution in [0, 0.1) is 0 Å². The lowest BCUT2D eigenvalue weighted by Gasteiger charge is -2.22. The van der Waals surface area contributed by atoms with E-state index < -0.39 is 17.6 Å². The first kappa shape index (κ1) is 22.6. The number of anilines is 1. The molecule has 1 heterocycles. The molecule has 0 fully saturated rings. The maximum Gasteiger partial charge on any atom is 0.419 e. The first-order valence-electron chi connectivity index (χ1n) is 10.5. The van der Waals surface area contributed by atoms with E-state index in [1.165, 1.54) is 11.6 Å². The number of amides is 1. The minimum atomic E-state index is -4.64. The summed E-state index contributed by atoms with van der Waals surface area (Å²) < 4.78 is 45.0. The Labute approximate surface area is 190 Å². The van der Waals surface area contributed by atoms with E-state index in [0.717, 1.165) is 48.9 Å². The van der Waals surface area contributed by atoms with Crippen molar-refractivity contribution in [2.45, 2.75) is 19.1 Å². The first-order valence-corrected chi connectivity index (χ1v) is 10.5. The molecule has 7 heteroatoms. The van der Waals surface area contributed by atoms with Crippen LogP contribution in [-0.2, 0) is 19.1 Å². The molecule has 0 aromatic heterocycles. The second-order valence-electron chi connectivity index (χ2n) is 7.70.